The van der Waals surface area contributed by atoms with Crippen LogP contribution < -0.4 is 10.5 Å². The van der Waals surface area contributed by atoms with Crippen molar-refractivity contribution < 1.29 is 13.2 Å². The van der Waals surface area contributed by atoms with Gasteiger partial charge in [0.2, 0.25) is 15.9 Å². The lowest BCUT2D eigenvalue weighted by molar-refractivity contribution is -0.116. The maximum Gasteiger partial charge on any atom is 0.243 e. The third kappa shape index (κ3) is 3.39. The van der Waals surface area contributed by atoms with Crippen LogP contribution in [-0.2, 0) is 28.4 Å². The highest BCUT2D eigenvalue weighted by Crippen LogP contribution is 2.17. The van der Waals surface area contributed by atoms with Gasteiger partial charge in [0.05, 0.1) is 6.54 Å². The van der Waals surface area contributed by atoms with E-state index in [4.69, 9.17) is 5.14 Å². The van der Waals surface area contributed by atoms with E-state index >= 15 is 0 Å². The number of hydrogen-bond donors (Lipinski definition) is 2. The normalized spacial score (nSPS) is 11.5. The molecule has 2 heterocycles. The fraction of sp³-hybridized carbons (Fsp3) is 0.333. The molecule has 0 atom stereocenters. The van der Waals surface area contributed by atoms with Crippen LogP contribution in [0.1, 0.15) is 6.42 Å². The van der Waals surface area contributed by atoms with E-state index in [2.05, 4.69) is 20.5 Å². The number of primary sulfonamides is 1. The minimum absolute atomic E-state index is 0.0846. The van der Waals surface area contributed by atoms with Gasteiger partial charge in [0.15, 0.2) is 5.82 Å². The van der Waals surface area contributed by atoms with Crippen molar-refractivity contribution >= 4 is 21.7 Å². The SMILES string of the molecule is Cn1cc(S(N)(=O)=O)c(NC(=O)CCn2cncn2)n1. The molecule has 11 heteroatoms. The molecule has 0 aliphatic carbocycles. The molecule has 0 spiro atoms. The van der Waals surface area contributed by atoms with Crippen LogP contribution in [0.4, 0.5) is 5.82 Å². The van der Waals surface area contributed by atoms with E-state index in [0.717, 1.165) is 0 Å². The summed E-state index contributed by atoms with van der Waals surface area (Å²) in [7, 11) is -2.41. The van der Waals surface area contributed by atoms with Crippen LogP contribution in [0.5, 0.6) is 0 Å². The quantitative estimate of drug-likeness (QED) is 0.702. The summed E-state index contributed by atoms with van der Waals surface area (Å²) < 4.78 is 25.4. The van der Waals surface area contributed by atoms with Crippen molar-refractivity contribution in [1.82, 2.24) is 24.5 Å². The highest BCUT2D eigenvalue weighted by atomic mass is 32.2. The second-order valence-corrected chi connectivity index (χ2v) is 5.55. The monoisotopic (exact) mass is 299 g/mol. The molecule has 0 fully saturated rings. The summed E-state index contributed by atoms with van der Waals surface area (Å²) in [6.07, 6.45) is 4.16. The fourth-order valence-electron chi connectivity index (χ4n) is 1.52. The lowest BCUT2D eigenvalue weighted by Crippen LogP contribution is -2.19. The second-order valence-electron chi connectivity index (χ2n) is 4.02. The van der Waals surface area contributed by atoms with Crippen LogP contribution in [0, 0.1) is 0 Å². The first-order chi connectivity index (χ1) is 9.36. The molecule has 20 heavy (non-hydrogen) atoms. The Kier molecular flexibility index (Phi) is 3.81. The Bertz CT molecular complexity index is 704. The molecule has 0 saturated carbocycles. The van der Waals surface area contributed by atoms with E-state index in [9.17, 15) is 13.2 Å². The molecule has 2 aromatic heterocycles. The molecule has 0 bridgehead atoms. The smallest absolute Gasteiger partial charge is 0.243 e. The van der Waals surface area contributed by atoms with Gasteiger partial charge in [-0.3, -0.25) is 14.2 Å². The van der Waals surface area contributed by atoms with Gasteiger partial charge in [0, 0.05) is 19.7 Å². The van der Waals surface area contributed by atoms with Crippen molar-refractivity contribution in [3.8, 4) is 0 Å². The van der Waals surface area contributed by atoms with E-state index in [1.807, 2.05) is 0 Å². The van der Waals surface area contributed by atoms with E-state index in [1.165, 1.54) is 35.3 Å². The number of hydrogen-bond acceptors (Lipinski definition) is 6. The first-order valence-corrected chi connectivity index (χ1v) is 7.09. The molecule has 0 aliphatic heterocycles. The van der Waals surface area contributed by atoms with Gasteiger partial charge >= 0.3 is 0 Å². The zero-order valence-corrected chi connectivity index (χ0v) is 11.4. The first kappa shape index (κ1) is 14.1. The van der Waals surface area contributed by atoms with E-state index in [1.54, 1.807) is 0 Å². The number of nitrogens with zero attached hydrogens (tertiary/aromatic N) is 5. The minimum atomic E-state index is -3.94. The predicted molar refractivity (Wildman–Crippen MR) is 67.8 cm³/mol. The lowest BCUT2D eigenvalue weighted by Gasteiger charge is -2.03. The molecule has 0 unspecified atom stereocenters. The molecule has 108 valence electrons. The molecule has 0 radical (unpaired) electrons. The summed E-state index contributed by atoms with van der Waals surface area (Å²) in [6, 6.07) is 0. The minimum Gasteiger partial charge on any atom is -0.308 e. The maximum atomic E-state index is 11.7. The number of carbonyl (C=O) groups is 1. The maximum absolute atomic E-state index is 11.7. The van der Waals surface area contributed by atoms with E-state index < -0.39 is 15.9 Å². The summed E-state index contributed by atoms with van der Waals surface area (Å²) in [4.78, 5) is 15.3. The van der Waals surface area contributed by atoms with Crippen molar-refractivity contribution in [1.29, 1.82) is 0 Å². The summed E-state index contributed by atoms with van der Waals surface area (Å²) in [6.45, 7) is 0.323. The van der Waals surface area contributed by atoms with E-state index in [-0.39, 0.29) is 17.1 Å². The Morgan fingerprint density at radius 3 is 2.85 bits per heavy atom. The van der Waals surface area contributed by atoms with Crippen molar-refractivity contribution in [2.75, 3.05) is 5.32 Å². The van der Waals surface area contributed by atoms with Gasteiger partial charge in [0.1, 0.15) is 17.6 Å². The zero-order valence-electron chi connectivity index (χ0n) is 10.6. The van der Waals surface area contributed by atoms with E-state index in [0.29, 0.717) is 6.54 Å². The topological polar surface area (TPSA) is 138 Å². The van der Waals surface area contributed by atoms with Gasteiger partial charge in [-0.05, 0) is 0 Å². The number of carbonyl (C=O) groups excluding carboxylic acids is 1. The van der Waals surface area contributed by atoms with Crippen LogP contribution in [0.15, 0.2) is 23.7 Å². The number of aromatic nitrogens is 5. The highest BCUT2D eigenvalue weighted by molar-refractivity contribution is 7.89. The zero-order chi connectivity index (χ0) is 14.8. The average molecular weight is 299 g/mol. The lowest BCUT2D eigenvalue weighted by atomic mass is 10.4. The van der Waals surface area contributed by atoms with Crippen LogP contribution in [-0.4, -0.2) is 38.9 Å². The number of sulfonamides is 1. The predicted octanol–water partition coefficient (Wildman–Crippen LogP) is -1.31. The second kappa shape index (κ2) is 5.38. The van der Waals surface area contributed by atoms with Crippen LogP contribution in [0.25, 0.3) is 0 Å². The molecule has 3 N–H and O–H groups in total. The van der Waals surface area contributed by atoms with Crippen LogP contribution in [0.3, 0.4) is 0 Å². The molecule has 0 saturated heterocycles. The summed E-state index contributed by atoms with van der Waals surface area (Å²) in [5.41, 5.74) is 0. The van der Waals surface area contributed by atoms with Crippen molar-refractivity contribution in [3.05, 3.63) is 18.9 Å². The fourth-order valence-corrected chi connectivity index (χ4v) is 2.18. The number of anilines is 1. The first-order valence-electron chi connectivity index (χ1n) is 5.55. The molecule has 0 aliphatic rings. The Labute approximate surface area is 114 Å². The molecule has 10 nitrogen and oxygen atoms in total. The summed E-state index contributed by atoms with van der Waals surface area (Å²) in [5.74, 6) is -0.484. The standard InChI is InChI=1S/C9H13N7O3S/c1-15-4-7(20(10,18)19)9(14-15)13-8(17)2-3-16-6-11-5-12-16/h4-6H,2-3H2,1H3,(H2,10,18,19)(H,13,14,17). The molecule has 2 rings (SSSR count). The van der Waals surface area contributed by atoms with Gasteiger partial charge in [-0.1, -0.05) is 0 Å². The Hall–Kier alpha value is -2.27. The van der Waals surface area contributed by atoms with Gasteiger partial charge in [-0.25, -0.2) is 18.5 Å². The van der Waals surface area contributed by atoms with Crippen LogP contribution in [0.2, 0.25) is 0 Å². The van der Waals surface area contributed by atoms with Gasteiger partial charge in [-0.2, -0.15) is 10.2 Å². The van der Waals surface area contributed by atoms with Gasteiger partial charge in [0.25, 0.3) is 0 Å². The molecular weight excluding hydrogens is 286 g/mol. The summed E-state index contributed by atoms with van der Waals surface area (Å²) >= 11 is 0. The summed E-state index contributed by atoms with van der Waals surface area (Å²) in [5, 5.41) is 15.2. The third-order valence-corrected chi connectivity index (χ3v) is 3.31. The number of amides is 1. The number of rotatable bonds is 5. The Morgan fingerprint density at radius 2 is 2.25 bits per heavy atom. The molecule has 1 amide bonds. The third-order valence-electron chi connectivity index (χ3n) is 2.39. The number of aryl methyl sites for hydroxylation is 2. The highest BCUT2D eigenvalue weighted by Gasteiger charge is 2.19. The average Bonchev–Trinajstić information content (AvgIpc) is 2.95. The van der Waals surface area contributed by atoms with Crippen LogP contribution >= 0.6 is 0 Å². The van der Waals surface area contributed by atoms with Gasteiger partial charge in [-0.15, -0.1) is 0 Å². The molecule has 0 aromatic carbocycles. The van der Waals surface area contributed by atoms with Crippen molar-refractivity contribution in [2.24, 2.45) is 12.2 Å². The molecular formula is C9H13N7O3S. The van der Waals surface area contributed by atoms with Crippen molar-refractivity contribution in [3.63, 3.8) is 0 Å². The van der Waals surface area contributed by atoms with Gasteiger partial charge < -0.3 is 5.32 Å². The van der Waals surface area contributed by atoms with Crippen molar-refractivity contribution in [2.45, 2.75) is 17.9 Å². The Morgan fingerprint density at radius 1 is 1.50 bits per heavy atom. The Balaban J connectivity index is 2.04. The molecule has 2 aromatic rings. The number of nitrogens with two attached hydrogens (primary N) is 1. The largest absolute Gasteiger partial charge is 0.308 e. The number of nitrogens with one attached hydrogen (secondary N) is 1.